The molecule has 0 radical (unpaired) electrons. The molecule has 2 N–H and O–H groups in total. The first-order chi connectivity index (χ1) is 8.38. The summed E-state index contributed by atoms with van der Waals surface area (Å²) >= 11 is 0. The summed E-state index contributed by atoms with van der Waals surface area (Å²) in [4.78, 5) is 0. The molecule has 0 fully saturated rings. The number of aromatic nitrogens is 2. The Morgan fingerprint density at radius 2 is 1.83 bits per heavy atom. The molecule has 4 heteroatoms. The van der Waals surface area contributed by atoms with Gasteiger partial charge in [-0.05, 0) is 6.07 Å². The van der Waals surface area contributed by atoms with Gasteiger partial charge in [-0.15, -0.1) is 0 Å². The van der Waals surface area contributed by atoms with Gasteiger partial charge in [0.15, 0.2) is 0 Å². The van der Waals surface area contributed by atoms with Crippen LogP contribution in [-0.4, -0.2) is 15.3 Å². The largest absolute Gasteiger partial charge is 0.505 e. The molecule has 2 aromatic rings. The molecule has 3 rings (SSSR count). The fourth-order valence-electron chi connectivity index (χ4n) is 1.40. The summed E-state index contributed by atoms with van der Waals surface area (Å²) in [6.45, 7) is 0. The SMILES string of the molecule is OC(=C1C=CC=C1)c1ccn[nH]1.[Fe].c1cc[cH-]c1. The van der Waals surface area contributed by atoms with E-state index in [1.165, 1.54) is 0 Å². The summed E-state index contributed by atoms with van der Waals surface area (Å²) in [5.74, 6) is 0.234. The number of allylic oxidation sites excluding steroid dienone is 5. The van der Waals surface area contributed by atoms with Gasteiger partial charge in [0.2, 0.25) is 0 Å². The minimum atomic E-state index is 0. The topological polar surface area (TPSA) is 48.9 Å². The first-order valence-electron chi connectivity index (χ1n) is 5.32. The second-order valence-electron chi connectivity index (χ2n) is 3.45. The van der Waals surface area contributed by atoms with Crippen molar-refractivity contribution in [1.82, 2.24) is 10.2 Å². The second kappa shape index (κ2) is 7.43. The molecule has 0 atom stereocenters. The van der Waals surface area contributed by atoms with E-state index >= 15 is 0 Å². The van der Waals surface area contributed by atoms with Crippen molar-refractivity contribution in [3.63, 3.8) is 0 Å². The zero-order valence-electron chi connectivity index (χ0n) is 9.60. The number of aliphatic hydroxyl groups excluding tert-OH is 1. The molecular weight excluding hydrogens is 268 g/mol. The quantitative estimate of drug-likeness (QED) is 0.479. The number of aromatic amines is 1. The van der Waals surface area contributed by atoms with Gasteiger partial charge in [-0.1, -0.05) is 24.3 Å². The third-order valence-corrected chi connectivity index (χ3v) is 2.25. The molecule has 1 aromatic carbocycles. The summed E-state index contributed by atoms with van der Waals surface area (Å²) in [7, 11) is 0. The van der Waals surface area contributed by atoms with Gasteiger partial charge in [0.1, 0.15) is 11.5 Å². The van der Waals surface area contributed by atoms with E-state index in [4.69, 9.17) is 0 Å². The number of H-pyrrole nitrogens is 1. The molecule has 94 valence electrons. The second-order valence-corrected chi connectivity index (χ2v) is 3.45. The number of hydrogen-bond acceptors (Lipinski definition) is 2. The van der Waals surface area contributed by atoms with Crippen molar-refractivity contribution in [3.05, 3.63) is 78.2 Å². The molecule has 0 bridgehead atoms. The van der Waals surface area contributed by atoms with Crippen LogP contribution < -0.4 is 0 Å². The van der Waals surface area contributed by atoms with Crippen LogP contribution in [0, 0.1) is 0 Å². The number of aliphatic hydroxyl groups is 1. The molecule has 0 spiro atoms. The smallest absolute Gasteiger partial charge is 0.147 e. The molecule has 1 aliphatic rings. The van der Waals surface area contributed by atoms with Crippen LogP contribution in [0.25, 0.3) is 5.76 Å². The molecule has 0 amide bonds. The van der Waals surface area contributed by atoms with Crippen LogP contribution in [0.2, 0.25) is 0 Å². The maximum Gasteiger partial charge on any atom is 0.147 e. The maximum absolute atomic E-state index is 9.62. The van der Waals surface area contributed by atoms with Crippen molar-refractivity contribution in [2.24, 2.45) is 0 Å². The van der Waals surface area contributed by atoms with E-state index in [1.54, 1.807) is 12.3 Å². The van der Waals surface area contributed by atoms with Crippen molar-refractivity contribution in [3.8, 4) is 0 Å². The van der Waals surface area contributed by atoms with E-state index in [0.29, 0.717) is 5.69 Å². The van der Waals surface area contributed by atoms with Crippen LogP contribution in [0.1, 0.15) is 5.69 Å². The van der Waals surface area contributed by atoms with Crippen LogP contribution >= 0.6 is 0 Å². The molecule has 1 aromatic heterocycles. The van der Waals surface area contributed by atoms with Gasteiger partial charge in [-0.2, -0.15) is 23.3 Å². The number of rotatable bonds is 1. The fourth-order valence-corrected chi connectivity index (χ4v) is 1.40. The monoisotopic (exact) mass is 281 g/mol. The fraction of sp³-hybridized carbons (Fsp3) is 0. The minimum Gasteiger partial charge on any atom is -0.505 e. The van der Waals surface area contributed by atoms with Gasteiger partial charge >= 0.3 is 0 Å². The Morgan fingerprint density at radius 3 is 2.28 bits per heavy atom. The first-order valence-corrected chi connectivity index (χ1v) is 5.32. The Morgan fingerprint density at radius 1 is 1.17 bits per heavy atom. The van der Waals surface area contributed by atoms with E-state index < -0.39 is 0 Å². The molecule has 0 saturated heterocycles. The van der Waals surface area contributed by atoms with Crippen LogP contribution in [0.5, 0.6) is 0 Å². The number of nitrogens with zero attached hydrogens (tertiary/aromatic N) is 1. The van der Waals surface area contributed by atoms with E-state index in [9.17, 15) is 5.11 Å². The third kappa shape index (κ3) is 3.84. The Balaban J connectivity index is 0.000000230. The normalized spacial score (nSPS) is 11.7. The Kier molecular flexibility index (Phi) is 5.85. The van der Waals surface area contributed by atoms with Gasteiger partial charge < -0.3 is 5.11 Å². The van der Waals surface area contributed by atoms with Crippen LogP contribution in [0.4, 0.5) is 0 Å². The van der Waals surface area contributed by atoms with E-state index in [0.717, 1.165) is 5.57 Å². The van der Waals surface area contributed by atoms with Crippen LogP contribution in [0.3, 0.4) is 0 Å². The Labute approximate surface area is 116 Å². The van der Waals surface area contributed by atoms with Crippen molar-refractivity contribution >= 4 is 5.76 Å². The molecule has 0 aliphatic heterocycles. The van der Waals surface area contributed by atoms with Gasteiger partial charge in [-0.3, -0.25) is 5.10 Å². The molecule has 3 nitrogen and oxygen atoms in total. The minimum absolute atomic E-state index is 0. The zero-order chi connectivity index (χ0) is 11.9. The van der Waals surface area contributed by atoms with Crippen molar-refractivity contribution in [2.75, 3.05) is 0 Å². The Bertz CT molecular complexity index is 491. The standard InChI is InChI=1S/C9H8N2O.C5H5.Fe/c12-9(7-3-1-2-4-7)8-5-6-10-11-8;1-2-4-5-3-1;/h1-6,12H,(H,10,11);1-5H;/q;-1;. The van der Waals surface area contributed by atoms with Crippen molar-refractivity contribution in [2.45, 2.75) is 0 Å². The average molecular weight is 281 g/mol. The average Bonchev–Trinajstić information content (AvgIpc) is 3.11. The zero-order valence-corrected chi connectivity index (χ0v) is 10.7. The van der Waals surface area contributed by atoms with E-state index in [2.05, 4.69) is 10.2 Å². The van der Waals surface area contributed by atoms with E-state index in [-0.39, 0.29) is 22.8 Å². The summed E-state index contributed by atoms with van der Waals surface area (Å²) in [5, 5.41) is 16.1. The predicted octanol–water partition coefficient (Wildman–Crippen LogP) is 3.21. The molecule has 18 heavy (non-hydrogen) atoms. The van der Waals surface area contributed by atoms with Gasteiger partial charge in [0.05, 0.1) is 0 Å². The van der Waals surface area contributed by atoms with Crippen LogP contribution in [-0.2, 0) is 17.1 Å². The molecule has 0 unspecified atom stereocenters. The molecule has 1 heterocycles. The molecule has 1 aliphatic carbocycles. The van der Waals surface area contributed by atoms with Gasteiger partial charge in [0, 0.05) is 28.8 Å². The number of hydrogen-bond donors (Lipinski definition) is 2. The van der Waals surface area contributed by atoms with Crippen LogP contribution in [0.15, 0.2) is 72.5 Å². The summed E-state index contributed by atoms with van der Waals surface area (Å²) in [6, 6.07) is 11.7. The third-order valence-electron chi connectivity index (χ3n) is 2.25. The predicted molar refractivity (Wildman–Crippen MR) is 68.5 cm³/mol. The van der Waals surface area contributed by atoms with Gasteiger partial charge in [-0.25, -0.2) is 12.1 Å². The van der Waals surface area contributed by atoms with E-state index in [1.807, 2.05) is 54.6 Å². The first kappa shape index (κ1) is 14.2. The summed E-state index contributed by atoms with van der Waals surface area (Å²) in [6.07, 6.45) is 9.05. The van der Waals surface area contributed by atoms with Crippen molar-refractivity contribution in [1.29, 1.82) is 0 Å². The Hall–Kier alpha value is -1.90. The molecular formula is C14H13FeN2O-. The maximum atomic E-state index is 9.62. The summed E-state index contributed by atoms with van der Waals surface area (Å²) in [5.41, 5.74) is 1.44. The number of nitrogens with one attached hydrogen (secondary N) is 1. The van der Waals surface area contributed by atoms with Crippen molar-refractivity contribution < 1.29 is 22.2 Å². The summed E-state index contributed by atoms with van der Waals surface area (Å²) < 4.78 is 0. The van der Waals surface area contributed by atoms with Gasteiger partial charge in [0.25, 0.3) is 0 Å². The molecule has 0 saturated carbocycles.